The zero-order chi connectivity index (χ0) is 12.5. The first kappa shape index (κ1) is 13.9. The lowest BCUT2D eigenvalue weighted by Crippen LogP contribution is -2.26. The number of aromatic nitrogens is 2. The second-order valence-corrected chi connectivity index (χ2v) is 3.91. The summed E-state index contributed by atoms with van der Waals surface area (Å²) in [6, 6.07) is 0. The van der Waals surface area contributed by atoms with Crippen molar-refractivity contribution in [1.29, 1.82) is 0 Å². The molecule has 0 fully saturated rings. The van der Waals surface area contributed by atoms with Crippen molar-refractivity contribution < 1.29 is 5.11 Å². The Kier molecular flexibility index (Phi) is 6.50. The third kappa shape index (κ3) is 5.10. The van der Waals surface area contributed by atoms with Crippen molar-refractivity contribution in [3.05, 3.63) is 18.1 Å². The molecule has 0 bridgehead atoms. The highest BCUT2D eigenvalue weighted by atomic mass is 16.3. The van der Waals surface area contributed by atoms with Gasteiger partial charge >= 0.3 is 0 Å². The van der Waals surface area contributed by atoms with Crippen molar-refractivity contribution in [2.75, 3.05) is 31.6 Å². The molecular weight excluding hydrogens is 216 g/mol. The van der Waals surface area contributed by atoms with Gasteiger partial charge in [-0.2, -0.15) is 0 Å². The first-order valence-corrected chi connectivity index (χ1v) is 6.18. The zero-order valence-corrected chi connectivity index (χ0v) is 10.7. The molecule has 0 unspecified atom stereocenters. The quantitative estimate of drug-likeness (QED) is 0.710. The number of hydrogen-bond donors (Lipinski definition) is 2. The molecule has 0 amide bonds. The maximum absolute atomic E-state index is 8.90. The van der Waals surface area contributed by atoms with Crippen LogP contribution in [0, 0.1) is 0 Å². The average molecular weight is 238 g/mol. The van der Waals surface area contributed by atoms with Crippen LogP contribution in [0.4, 0.5) is 5.82 Å². The SMILES string of the molecule is CCCNc1cnc(CN(CC)CCO)cn1. The summed E-state index contributed by atoms with van der Waals surface area (Å²) in [7, 11) is 0. The molecule has 17 heavy (non-hydrogen) atoms. The summed E-state index contributed by atoms with van der Waals surface area (Å²) in [5.74, 6) is 0.820. The molecule has 2 N–H and O–H groups in total. The molecule has 1 heterocycles. The lowest BCUT2D eigenvalue weighted by Gasteiger charge is -2.18. The van der Waals surface area contributed by atoms with E-state index in [1.54, 1.807) is 12.4 Å². The maximum atomic E-state index is 8.90. The van der Waals surface area contributed by atoms with Crippen molar-refractivity contribution in [1.82, 2.24) is 14.9 Å². The van der Waals surface area contributed by atoms with Crippen molar-refractivity contribution in [3.8, 4) is 0 Å². The Balaban J connectivity index is 2.49. The van der Waals surface area contributed by atoms with E-state index in [1.165, 1.54) is 0 Å². The van der Waals surface area contributed by atoms with Gasteiger partial charge in [0.15, 0.2) is 0 Å². The normalized spacial score (nSPS) is 10.8. The molecule has 1 aromatic rings. The van der Waals surface area contributed by atoms with Gasteiger partial charge < -0.3 is 10.4 Å². The third-order valence-electron chi connectivity index (χ3n) is 2.51. The number of hydrogen-bond acceptors (Lipinski definition) is 5. The monoisotopic (exact) mass is 238 g/mol. The van der Waals surface area contributed by atoms with Crippen LogP contribution in [0.2, 0.25) is 0 Å². The van der Waals surface area contributed by atoms with Gasteiger partial charge in [0.1, 0.15) is 5.82 Å². The van der Waals surface area contributed by atoms with Crippen LogP contribution in [-0.4, -0.2) is 46.2 Å². The Hall–Kier alpha value is -1.20. The predicted molar refractivity (Wildman–Crippen MR) is 68.8 cm³/mol. The Morgan fingerprint density at radius 3 is 2.65 bits per heavy atom. The molecule has 0 atom stereocenters. The second-order valence-electron chi connectivity index (χ2n) is 3.91. The van der Waals surface area contributed by atoms with Crippen molar-refractivity contribution in [2.45, 2.75) is 26.8 Å². The molecular formula is C12H22N4O. The smallest absolute Gasteiger partial charge is 0.144 e. The van der Waals surface area contributed by atoms with Crippen LogP contribution < -0.4 is 5.32 Å². The van der Waals surface area contributed by atoms with Gasteiger partial charge in [-0.25, -0.2) is 4.98 Å². The molecule has 1 rings (SSSR count). The largest absolute Gasteiger partial charge is 0.395 e. The van der Waals surface area contributed by atoms with Crippen molar-refractivity contribution in [2.24, 2.45) is 0 Å². The van der Waals surface area contributed by atoms with Crippen LogP contribution in [0.1, 0.15) is 26.0 Å². The lowest BCUT2D eigenvalue weighted by molar-refractivity contribution is 0.195. The Morgan fingerprint density at radius 1 is 1.29 bits per heavy atom. The van der Waals surface area contributed by atoms with E-state index in [4.69, 9.17) is 5.11 Å². The first-order chi connectivity index (χ1) is 8.30. The maximum Gasteiger partial charge on any atom is 0.144 e. The molecule has 5 nitrogen and oxygen atoms in total. The van der Waals surface area contributed by atoms with E-state index >= 15 is 0 Å². The fourth-order valence-corrected chi connectivity index (χ4v) is 1.50. The fraction of sp³-hybridized carbons (Fsp3) is 0.667. The molecule has 0 aliphatic heterocycles. The summed E-state index contributed by atoms with van der Waals surface area (Å²) in [5.41, 5.74) is 0.933. The van der Waals surface area contributed by atoms with Gasteiger partial charge in [0.05, 0.1) is 24.7 Å². The Labute approximate surface area is 103 Å². The minimum Gasteiger partial charge on any atom is -0.395 e. The van der Waals surface area contributed by atoms with Crippen LogP contribution in [-0.2, 0) is 6.54 Å². The van der Waals surface area contributed by atoms with Gasteiger partial charge in [0.25, 0.3) is 0 Å². The number of likely N-dealkylation sites (N-methyl/N-ethyl adjacent to an activating group) is 1. The van der Waals surface area contributed by atoms with Gasteiger partial charge in [-0.3, -0.25) is 9.88 Å². The van der Waals surface area contributed by atoms with Gasteiger partial charge in [-0.15, -0.1) is 0 Å². The number of nitrogens with one attached hydrogen (secondary N) is 1. The van der Waals surface area contributed by atoms with E-state index in [0.29, 0.717) is 6.54 Å². The topological polar surface area (TPSA) is 61.3 Å². The molecule has 0 aliphatic carbocycles. The molecule has 0 saturated carbocycles. The van der Waals surface area contributed by atoms with Gasteiger partial charge in [0, 0.05) is 19.6 Å². The van der Waals surface area contributed by atoms with Gasteiger partial charge in [-0.05, 0) is 13.0 Å². The van der Waals surface area contributed by atoms with Crippen LogP contribution >= 0.6 is 0 Å². The minimum absolute atomic E-state index is 0.178. The summed E-state index contributed by atoms with van der Waals surface area (Å²) < 4.78 is 0. The second kappa shape index (κ2) is 7.97. The van der Waals surface area contributed by atoms with Crippen LogP contribution in [0.25, 0.3) is 0 Å². The summed E-state index contributed by atoms with van der Waals surface area (Å²) in [6.45, 7) is 7.59. The predicted octanol–water partition coefficient (Wildman–Crippen LogP) is 1.11. The van der Waals surface area contributed by atoms with Crippen LogP contribution in [0.5, 0.6) is 0 Å². The highest BCUT2D eigenvalue weighted by molar-refractivity contribution is 5.30. The summed E-state index contributed by atoms with van der Waals surface area (Å²) >= 11 is 0. The number of aliphatic hydroxyl groups excluding tert-OH is 1. The number of rotatable bonds is 8. The Morgan fingerprint density at radius 2 is 2.12 bits per heavy atom. The number of aliphatic hydroxyl groups is 1. The number of nitrogens with zero attached hydrogens (tertiary/aromatic N) is 3. The van der Waals surface area contributed by atoms with Gasteiger partial charge in [-0.1, -0.05) is 13.8 Å². The first-order valence-electron chi connectivity index (χ1n) is 6.18. The third-order valence-corrected chi connectivity index (χ3v) is 2.51. The highest BCUT2D eigenvalue weighted by Crippen LogP contribution is 2.04. The van der Waals surface area contributed by atoms with Crippen LogP contribution in [0.15, 0.2) is 12.4 Å². The van der Waals surface area contributed by atoms with Crippen LogP contribution in [0.3, 0.4) is 0 Å². The highest BCUT2D eigenvalue weighted by Gasteiger charge is 2.04. The molecule has 96 valence electrons. The average Bonchev–Trinajstić information content (AvgIpc) is 2.37. The lowest BCUT2D eigenvalue weighted by atomic mass is 10.4. The fourth-order valence-electron chi connectivity index (χ4n) is 1.50. The van der Waals surface area contributed by atoms with E-state index in [9.17, 15) is 0 Å². The van der Waals surface area contributed by atoms with E-state index < -0.39 is 0 Å². The summed E-state index contributed by atoms with van der Waals surface area (Å²) in [5, 5.41) is 12.1. The summed E-state index contributed by atoms with van der Waals surface area (Å²) in [4.78, 5) is 10.8. The van der Waals surface area contributed by atoms with Gasteiger partial charge in [0.2, 0.25) is 0 Å². The molecule has 0 aliphatic rings. The Bertz CT molecular complexity index is 302. The molecule has 0 saturated heterocycles. The molecule has 0 aromatic carbocycles. The molecule has 0 radical (unpaired) electrons. The minimum atomic E-state index is 0.178. The van der Waals surface area contributed by atoms with E-state index in [0.717, 1.165) is 37.6 Å². The van der Waals surface area contributed by atoms with Crippen molar-refractivity contribution >= 4 is 5.82 Å². The summed E-state index contributed by atoms with van der Waals surface area (Å²) in [6.07, 6.45) is 4.62. The molecule has 1 aromatic heterocycles. The molecule has 0 spiro atoms. The standard InChI is InChI=1S/C12H22N4O/c1-3-5-13-12-9-14-11(8-15-12)10-16(4-2)6-7-17/h8-9,17H,3-7,10H2,1-2H3,(H,13,15). The zero-order valence-electron chi connectivity index (χ0n) is 10.7. The van der Waals surface area contributed by atoms with Crippen molar-refractivity contribution in [3.63, 3.8) is 0 Å². The van der Waals surface area contributed by atoms with E-state index in [2.05, 4.69) is 34.0 Å². The number of anilines is 1. The van der Waals surface area contributed by atoms with E-state index in [1.807, 2.05) is 0 Å². The molecule has 5 heteroatoms. The van der Waals surface area contributed by atoms with E-state index in [-0.39, 0.29) is 6.61 Å².